The Morgan fingerprint density at radius 2 is 1.82 bits per heavy atom. The van der Waals surface area contributed by atoms with Crippen molar-refractivity contribution in [1.82, 2.24) is 19.9 Å². The molecule has 5 aromatic rings. The quantitative estimate of drug-likeness (QED) is 0.273. The van der Waals surface area contributed by atoms with Crippen molar-refractivity contribution in [2.24, 2.45) is 0 Å². The fraction of sp³-hybridized carbons (Fsp3) is 0.200. The van der Waals surface area contributed by atoms with E-state index >= 15 is 0 Å². The zero-order valence-electron chi connectivity index (χ0n) is 17.8. The molecule has 1 N–H and O–H groups in total. The second-order valence-electron chi connectivity index (χ2n) is 8.31. The van der Waals surface area contributed by atoms with Crippen molar-refractivity contribution < 1.29 is 4.92 Å². The van der Waals surface area contributed by atoms with E-state index in [0.717, 1.165) is 70.3 Å². The lowest BCUT2D eigenvalue weighted by Gasteiger charge is -2.25. The summed E-state index contributed by atoms with van der Waals surface area (Å²) in [6.07, 6.45) is 3.85. The Morgan fingerprint density at radius 3 is 2.61 bits per heavy atom. The first-order valence-electron chi connectivity index (χ1n) is 11.0. The molecule has 0 amide bonds. The SMILES string of the molecule is O=[N+]([O-])c1ccc(-c2nc3cc(-c4ccc5ccccc5c4)cnc3n2C2CCNCC2)s1. The summed E-state index contributed by atoms with van der Waals surface area (Å²) in [5.74, 6) is 0.762. The van der Waals surface area contributed by atoms with Gasteiger partial charge in [0.25, 0.3) is 0 Å². The van der Waals surface area contributed by atoms with Gasteiger partial charge >= 0.3 is 5.00 Å². The van der Waals surface area contributed by atoms with E-state index in [1.165, 1.54) is 10.8 Å². The molecule has 2 aromatic carbocycles. The second kappa shape index (κ2) is 8.06. The van der Waals surface area contributed by atoms with Crippen LogP contribution in [0.25, 0.3) is 43.8 Å². The normalized spacial score (nSPS) is 14.8. The number of piperidine rings is 1. The molecule has 4 heterocycles. The summed E-state index contributed by atoms with van der Waals surface area (Å²) in [5, 5.41) is 17.2. The molecule has 1 fully saturated rings. The third-order valence-corrected chi connectivity index (χ3v) is 7.31. The van der Waals surface area contributed by atoms with Gasteiger partial charge in [0.15, 0.2) is 11.5 Å². The maximum atomic E-state index is 11.3. The summed E-state index contributed by atoms with van der Waals surface area (Å²) >= 11 is 1.16. The van der Waals surface area contributed by atoms with Crippen molar-refractivity contribution >= 4 is 38.3 Å². The molecule has 0 radical (unpaired) electrons. The van der Waals surface area contributed by atoms with Crippen LogP contribution in [0.2, 0.25) is 0 Å². The van der Waals surface area contributed by atoms with Crippen molar-refractivity contribution in [3.8, 4) is 21.8 Å². The Labute approximate surface area is 193 Å². The lowest BCUT2D eigenvalue weighted by atomic mass is 10.0. The van der Waals surface area contributed by atoms with Crippen LogP contribution in [0.3, 0.4) is 0 Å². The van der Waals surface area contributed by atoms with Gasteiger partial charge in [0.1, 0.15) is 5.52 Å². The van der Waals surface area contributed by atoms with E-state index in [2.05, 4.69) is 46.3 Å². The number of hydrogen-bond acceptors (Lipinski definition) is 6. The Morgan fingerprint density at radius 1 is 1.00 bits per heavy atom. The molecular formula is C25H21N5O2S. The van der Waals surface area contributed by atoms with Gasteiger partial charge in [-0.25, -0.2) is 9.97 Å². The summed E-state index contributed by atoms with van der Waals surface area (Å²) < 4.78 is 2.19. The molecule has 0 aliphatic carbocycles. The van der Waals surface area contributed by atoms with Crippen molar-refractivity contribution in [3.05, 3.63) is 77.0 Å². The summed E-state index contributed by atoms with van der Waals surface area (Å²) in [6, 6.07) is 20.4. The molecule has 0 bridgehead atoms. The monoisotopic (exact) mass is 455 g/mol. The molecule has 164 valence electrons. The van der Waals surface area contributed by atoms with Gasteiger partial charge in [0.2, 0.25) is 0 Å². The van der Waals surface area contributed by atoms with Crippen LogP contribution in [0, 0.1) is 10.1 Å². The molecule has 3 aromatic heterocycles. The van der Waals surface area contributed by atoms with E-state index in [1.807, 2.05) is 18.3 Å². The largest absolute Gasteiger partial charge is 0.324 e. The van der Waals surface area contributed by atoms with Gasteiger partial charge in [-0.15, -0.1) is 0 Å². The van der Waals surface area contributed by atoms with E-state index in [-0.39, 0.29) is 16.0 Å². The number of aromatic nitrogens is 3. The van der Waals surface area contributed by atoms with Crippen LogP contribution >= 0.6 is 11.3 Å². The van der Waals surface area contributed by atoms with Gasteiger partial charge in [-0.2, -0.15) is 0 Å². The Kier molecular flexibility index (Phi) is 4.89. The molecule has 6 rings (SSSR count). The molecule has 0 unspecified atom stereocenters. The molecule has 1 aliphatic rings. The molecule has 0 atom stereocenters. The van der Waals surface area contributed by atoms with Crippen molar-refractivity contribution in [3.63, 3.8) is 0 Å². The zero-order valence-corrected chi connectivity index (χ0v) is 18.6. The maximum absolute atomic E-state index is 11.3. The van der Waals surface area contributed by atoms with Crippen molar-refractivity contribution in [2.75, 3.05) is 13.1 Å². The van der Waals surface area contributed by atoms with Crippen LogP contribution < -0.4 is 5.32 Å². The maximum Gasteiger partial charge on any atom is 0.324 e. The molecule has 7 nitrogen and oxygen atoms in total. The predicted octanol–water partition coefficient (Wildman–Crippen LogP) is 5.81. The minimum absolute atomic E-state index is 0.124. The number of hydrogen-bond donors (Lipinski definition) is 1. The van der Waals surface area contributed by atoms with Crippen molar-refractivity contribution in [2.45, 2.75) is 18.9 Å². The lowest BCUT2D eigenvalue weighted by molar-refractivity contribution is -0.380. The highest BCUT2D eigenvalue weighted by atomic mass is 32.1. The van der Waals surface area contributed by atoms with Crippen molar-refractivity contribution in [1.29, 1.82) is 0 Å². The topological polar surface area (TPSA) is 85.9 Å². The number of nitrogens with zero attached hydrogens (tertiary/aromatic N) is 4. The first-order valence-corrected chi connectivity index (χ1v) is 11.8. The Hall–Kier alpha value is -3.62. The third kappa shape index (κ3) is 3.57. The molecule has 1 aliphatic heterocycles. The van der Waals surface area contributed by atoms with Crippen LogP contribution in [0.5, 0.6) is 0 Å². The van der Waals surface area contributed by atoms with Gasteiger partial charge in [0.05, 0.1) is 9.80 Å². The summed E-state index contributed by atoms with van der Waals surface area (Å²) in [6.45, 7) is 1.87. The van der Waals surface area contributed by atoms with Gasteiger partial charge < -0.3 is 9.88 Å². The number of benzene rings is 2. The highest BCUT2D eigenvalue weighted by molar-refractivity contribution is 7.18. The smallest absolute Gasteiger partial charge is 0.317 e. The van der Waals surface area contributed by atoms with Gasteiger partial charge in [-0.3, -0.25) is 10.1 Å². The van der Waals surface area contributed by atoms with Crippen LogP contribution in [0.1, 0.15) is 18.9 Å². The number of thiophene rings is 1. The average Bonchev–Trinajstić information content (AvgIpc) is 3.49. The van der Waals surface area contributed by atoms with Gasteiger partial charge in [-0.1, -0.05) is 47.7 Å². The van der Waals surface area contributed by atoms with Crippen LogP contribution in [0.4, 0.5) is 5.00 Å². The minimum atomic E-state index is -0.345. The summed E-state index contributed by atoms with van der Waals surface area (Å²) in [5.41, 5.74) is 3.74. The highest BCUT2D eigenvalue weighted by Crippen LogP contribution is 2.38. The number of nitro groups is 1. The number of nitrogens with one attached hydrogen (secondary N) is 1. The Bertz CT molecular complexity index is 1500. The van der Waals surface area contributed by atoms with E-state index in [1.54, 1.807) is 12.1 Å². The van der Waals surface area contributed by atoms with Crippen LogP contribution in [0.15, 0.2) is 66.9 Å². The van der Waals surface area contributed by atoms with Gasteiger partial charge in [0, 0.05) is 23.9 Å². The number of pyridine rings is 1. The summed E-state index contributed by atoms with van der Waals surface area (Å²) in [7, 11) is 0. The first kappa shape index (κ1) is 20.0. The molecule has 8 heteroatoms. The fourth-order valence-corrected chi connectivity index (χ4v) is 5.45. The number of fused-ring (bicyclic) bond motifs is 2. The zero-order chi connectivity index (χ0) is 22.4. The standard InChI is InChI=1S/C25H21N5O2S/c31-30(32)23-8-7-22(33-23)25-28-21-14-19(18-6-5-16-3-1-2-4-17(16)13-18)15-27-24(21)29(25)20-9-11-26-12-10-20/h1-8,13-15,20,26H,9-12H2. The van der Waals surface area contributed by atoms with Crippen LogP contribution in [-0.2, 0) is 0 Å². The Balaban J connectivity index is 1.50. The molecule has 1 saturated heterocycles. The van der Waals surface area contributed by atoms with E-state index in [0.29, 0.717) is 0 Å². The highest BCUT2D eigenvalue weighted by Gasteiger charge is 2.25. The van der Waals surface area contributed by atoms with Gasteiger partial charge in [-0.05, 0) is 60.5 Å². The average molecular weight is 456 g/mol. The first-order chi connectivity index (χ1) is 16.2. The van der Waals surface area contributed by atoms with E-state index in [4.69, 9.17) is 9.97 Å². The third-order valence-electron chi connectivity index (χ3n) is 6.28. The van der Waals surface area contributed by atoms with Crippen LogP contribution in [-0.4, -0.2) is 32.5 Å². The fourth-order valence-electron chi connectivity index (χ4n) is 4.64. The molecular weight excluding hydrogens is 434 g/mol. The molecule has 0 saturated carbocycles. The minimum Gasteiger partial charge on any atom is -0.317 e. The predicted molar refractivity (Wildman–Crippen MR) is 132 cm³/mol. The van der Waals surface area contributed by atoms with E-state index < -0.39 is 0 Å². The lowest BCUT2D eigenvalue weighted by Crippen LogP contribution is -2.29. The van der Waals surface area contributed by atoms with E-state index in [9.17, 15) is 10.1 Å². The number of imidazole rings is 1. The molecule has 0 spiro atoms. The molecule has 33 heavy (non-hydrogen) atoms. The summed E-state index contributed by atoms with van der Waals surface area (Å²) in [4.78, 5) is 21.5. The second-order valence-corrected chi connectivity index (χ2v) is 9.37. The number of rotatable bonds is 4.